The van der Waals surface area contributed by atoms with Crippen LogP contribution in [0.1, 0.15) is 38.3 Å². The van der Waals surface area contributed by atoms with Crippen molar-refractivity contribution in [3.63, 3.8) is 0 Å². The molecule has 0 bridgehead atoms. The van der Waals surface area contributed by atoms with Crippen molar-refractivity contribution in [1.82, 2.24) is 4.90 Å². The van der Waals surface area contributed by atoms with E-state index in [0.717, 1.165) is 5.56 Å². The molecule has 2 atom stereocenters. The Morgan fingerprint density at radius 2 is 1.75 bits per heavy atom. The second-order valence-corrected chi connectivity index (χ2v) is 5.58. The summed E-state index contributed by atoms with van der Waals surface area (Å²) in [6, 6.07) is 7.28. The van der Waals surface area contributed by atoms with E-state index in [4.69, 9.17) is 16.7 Å². The van der Waals surface area contributed by atoms with Crippen molar-refractivity contribution in [2.75, 3.05) is 7.05 Å². The van der Waals surface area contributed by atoms with Crippen molar-refractivity contribution < 1.29 is 14.7 Å². The number of halogens is 1. The number of amides is 1. The van der Waals surface area contributed by atoms with Gasteiger partial charge < -0.3 is 10.0 Å². The minimum Gasteiger partial charge on any atom is -0.481 e. The molecule has 0 radical (unpaired) electrons. The maximum atomic E-state index is 12.1. The van der Waals surface area contributed by atoms with Gasteiger partial charge in [-0.05, 0) is 30.5 Å². The number of carbonyl (C=O) groups excluding carboxylic acids is 1. The molecular formula is C15H20ClNO3. The van der Waals surface area contributed by atoms with Crippen molar-refractivity contribution in [3.05, 3.63) is 34.9 Å². The molecule has 1 N–H and O–H groups in total. The summed E-state index contributed by atoms with van der Waals surface area (Å²) in [4.78, 5) is 24.4. The minimum atomic E-state index is -0.876. The maximum Gasteiger partial charge on any atom is 0.303 e. The SMILES string of the molecule is CC(CC(=O)O)CC(=O)N(C)C(C)c1ccc(Cl)cc1. The van der Waals surface area contributed by atoms with Gasteiger partial charge in [0.25, 0.3) is 0 Å². The summed E-state index contributed by atoms with van der Waals surface area (Å²) in [6.45, 7) is 3.70. The van der Waals surface area contributed by atoms with E-state index in [1.807, 2.05) is 19.1 Å². The Morgan fingerprint density at radius 3 is 2.25 bits per heavy atom. The van der Waals surface area contributed by atoms with Crippen LogP contribution in [0.2, 0.25) is 5.02 Å². The van der Waals surface area contributed by atoms with E-state index in [2.05, 4.69) is 0 Å². The van der Waals surface area contributed by atoms with E-state index in [0.29, 0.717) is 5.02 Å². The quantitative estimate of drug-likeness (QED) is 0.876. The van der Waals surface area contributed by atoms with Gasteiger partial charge in [0.2, 0.25) is 5.91 Å². The van der Waals surface area contributed by atoms with E-state index < -0.39 is 5.97 Å². The molecule has 5 heteroatoms. The zero-order valence-electron chi connectivity index (χ0n) is 12.0. The van der Waals surface area contributed by atoms with Crippen LogP contribution in [-0.4, -0.2) is 28.9 Å². The molecule has 0 saturated heterocycles. The highest BCUT2D eigenvalue weighted by Crippen LogP contribution is 2.22. The molecule has 1 aromatic carbocycles. The smallest absolute Gasteiger partial charge is 0.303 e. The molecule has 4 nitrogen and oxygen atoms in total. The molecule has 0 aromatic heterocycles. The van der Waals surface area contributed by atoms with Gasteiger partial charge in [0.05, 0.1) is 6.04 Å². The Kier molecular flexibility index (Phi) is 6.02. The van der Waals surface area contributed by atoms with Crippen LogP contribution in [0.5, 0.6) is 0 Å². The highest BCUT2D eigenvalue weighted by molar-refractivity contribution is 6.30. The number of carbonyl (C=O) groups is 2. The average molecular weight is 298 g/mol. The lowest BCUT2D eigenvalue weighted by Crippen LogP contribution is -2.31. The first-order valence-corrected chi connectivity index (χ1v) is 6.92. The Balaban J connectivity index is 2.64. The lowest BCUT2D eigenvalue weighted by molar-refractivity contribution is -0.138. The van der Waals surface area contributed by atoms with Crippen molar-refractivity contribution in [2.45, 2.75) is 32.7 Å². The monoisotopic (exact) mass is 297 g/mol. The summed E-state index contributed by atoms with van der Waals surface area (Å²) < 4.78 is 0. The fraction of sp³-hybridized carbons (Fsp3) is 0.467. The molecule has 0 fully saturated rings. The van der Waals surface area contributed by atoms with Gasteiger partial charge in [-0.2, -0.15) is 0 Å². The molecule has 20 heavy (non-hydrogen) atoms. The van der Waals surface area contributed by atoms with Crippen LogP contribution >= 0.6 is 11.6 Å². The van der Waals surface area contributed by atoms with Gasteiger partial charge in [0.1, 0.15) is 0 Å². The first-order valence-electron chi connectivity index (χ1n) is 6.54. The number of hydrogen-bond donors (Lipinski definition) is 1. The molecule has 0 aliphatic heterocycles. The largest absolute Gasteiger partial charge is 0.481 e. The molecule has 0 spiro atoms. The Morgan fingerprint density at radius 1 is 1.20 bits per heavy atom. The van der Waals surface area contributed by atoms with E-state index in [1.165, 1.54) is 0 Å². The van der Waals surface area contributed by atoms with Crippen molar-refractivity contribution >= 4 is 23.5 Å². The van der Waals surface area contributed by atoms with Gasteiger partial charge in [-0.15, -0.1) is 0 Å². The predicted molar refractivity (Wildman–Crippen MR) is 78.7 cm³/mol. The number of hydrogen-bond acceptors (Lipinski definition) is 2. The number of rotatable bonds is 6. The summed E-state index contributed by atoms with van der Waals surface area (Å²) in [5.74, 6) is -1.10. The maximum absolute atomic E-state index is 12.1. The second-order valence-electron chi connectivity index (χ2n) is 5.14. The van der Waals surface area contributed by atoms with E-state index in [-0.39, 0.29) is 30.7 Å². The summed E-state index contributed by atoms with van der Waals surface area (Å²) in [6.07, 6.45) is 0.246. The normalized spacial score (nSPS) is 13.6. The van der Waals surface area contributed by atoms with Crippen LogP contribution in [0.4, 0.5) is 0 Å². The van der Waals surface area contributed by atoms with Crippen LogP contribution in [0.15, 0.2) is 24.3 Å². The van der Waals surface area contributed by atoms with Gasteiger partial charge in [0, 0.05) is 24.9 Å². The second kappa shape index (κ2) is 7.29. The highest BCUT2D eigenvalue weighted by atomic mass is 35.5. The Hall–Kier alpha value is -1.55. The summed E-state index contributed by atoms with van der Waals surface area (Å²) in [5.41, 5.74) is 0.996. The first-order chi connectivity index (χ1) is 9.31. The van der Waals surface area contributed by atoms with Gasteiger partial charge in [0.15, 0.2) is 0 Å². The van der Waals surface area contributed by atoms with E-state index >= 15 is 0 Å². The van der Waals surface area contributed by atoms with Gasteiger partial charge in [-0.1, -0.05) is 30.7 Å². The van der Waals surface area contributed by atoms with Crippen LogP contribution in [0.3, 0.4) is 0 Å². The highest BCUT2D eigenvalue weighted by Gasteiger charge is 2.20. The Bertz CT molecular complexity index is 473. The molecule has 110 valence electrons. The number of carboxylic acids is 1. The number of nitrogens with zero attached hydrogens (tertiary/aromatic N) is 1. The van der Waals surface area contributed by atoms with Crippen LogP contribution in [0.25, 0.3) is 0 Å². The number of carboxylic acid groups (broad SMARTS) is 1. The lowest BCUT2D eigenvalue weighted by atomic mass is 10.0. The van der Waals surface area contributed by atoms with E-state index in [1.54, 1.807) is 31.0 Å². The molecule has 0 heterocycles. The average Bonchev–Trinajstić information content (AvgIpc) is 2.36. The van der Waals surface area contributed by atoms with Gasteiger partial charge >= 0.3 is 5.97 Å². The zero-order valence-corrected chi connectivity index (χ0v) is 12.7. The number of aliphatic carboxylic acids is 1. The van der Waals surface area contributed by atoms with Gasteiger partial charge in [-0.3, -0.25) is 9.59 Å². The van der Waals surface area contributed by atoms with Crippen LogP contribution in [0, 0.1) is 5.92 Å². The predicted octanol–water partition coefficient (Wildman–Crippen LogP) is 3.36. The fourth-order valence-corrected chi connectivity index (χ4v) is 2.12. The fourth-order valence-electron chi connectivity index (χ4n) is 1.99. The molecule has 1 aromatic rings. The topological polar surface area (TPSA) is 57.6 Å². The third-order valence-electron chi connectivity index (χ3n) is 3.37. The Labute approximate surface area is 124 Å². The van der Waals surface area contributed by atoms with Crippen molar-refractivity contribution in [3.8, 4) is 0 Å². The van der Waals surface area contributed by atoms with Crippen molar-refractivity contribution in [1.29, 1.82) is 0 Å². The standard InChI is InChI=1S/C15H20ClNO3/c1-10(9-15(19)20)8-14(18)17(3)11(2)12-4-6-13(16)7-5-12/h4-7,10-11H,8-9H2,1-3H3,(H,19,20). The van der Waals surface area contributed by atoms with Crippen LogP contribution < -0.4 is 0 Å². The summed E-state index contributed by atoms with van der Waals surface area (Å²) in [5, 5.41) is 9.37. The molecule has 2 unspecified atom stereocenters. The van der Waals surface area contributed by atoms with E-state index in [9.17, 15) is 9.59 Å². The molecule has 1 amide bonds. The van der Waals surface area contributed by atoms with Crippen molar-refractivity contribution in [2.24, 2.45) is 5.92 Å². The van der Waals surface area contributed by atoms with Gasteiger partial charge in [-0.25, -0.2) is 0 Å². The molecule has 1 rings (SSSR count). The minimum absolute atomic E-state index is 0.00884. The molecule has 0 saturated carbocycles. The summed E-state index contributed by atoms with van der Waals surface area (Å²) >= 11 is 5.84. The number of benzene rings is 1. The first kappa shape index (κ1) is 16.5. The molecular weight excluding hydrogens is 278 g/mol. The molecule has 0 aliphatic rings. The van der Waals surface area contributed by atoms with Crippen LogP contribution in [-0.2, 0) is 9.59 Å². The lowest BCUT2D eigenvalue weighted by Gasteiger charge is -2.26. The zero-order chi connectivity index (χ0) is 15.3. The molecule has 0 aliphatic carbocycles. The third-order valence-corrected chi connectivity index (χ3v) is 3.62. The third kappa shape index (κ3) is 4.85. The summed E-state index contributed by atoms with van der Waals surface area (Å²) in [7, 11) is 1.73.